The molecule has 0 spiro atoms. The van der Waals surface area contributed by atoms with E-state index < -0.39 is 0 Å². The van der Waals surface area contributed by atoms with Crippen LogP contribution in [-0.4, -0.2) is 0 Å². The molecule has 0 aliphatic heterocycles. The number of fused-ring (bicyclic) bond motifs is 6. The molecular weight excluding hydrogens is 450 g/mol. The van der Waals surface area contributed by atoms with Crippen LogP contribution in [0.15, 0.2) is 59.1 Å². The molecule has 2 nitrogen and oxygen atoms in total. The van der Waals surface area contributed by atoms with Crippen LogP contribution in [-0.2, 0) is 23.3 Å². The second kappa shape index (κ2) is 7.69. The molecule has 190 valence electrons. The van der Waals surface area contributed by atoms with Crippen LogP contribution < -0.4 is 4.57 Å². The molecule has 0 unspecified atom stereocenters. The van der Waals surface area contributed by atoms with Crippen molar-refractivity contribution >= 4 is 32.7 Å². The quantitative estimate of drug-likeness (QED) is 0.214. The number of hydrogen-bond donors (Lipinski definition) is 0. The van der Waals surface area contributed by atoms with Gasteiger partial charge in [-0.3, -0.25) is 0 Å². The van der Waals surface area contributed by atoms with Crippen LogP contribution in [0.4, 0.5) is 0 Å². The molecule has 5 aromatic rings. The highest BCUT2D eigenvalue weighted by Gasteiger charge is 2.46. The lowest BCUT2D eigenvalue weighted by molar-refractivity contribution is -0.661. The van der Waals surface area contributed by atoms with Crippen LogP contribution in [0.2, 0.25) is 0 Å². The van der Waals surface area contributed by atoms with Crippen molar-refractivity contribution in [3.05, 3.63) is 77.0 Å². The van der Waals surface area contributed by atoms with Crippen molar-refractivity contribution in [2.24, 2.45) is 7.05 Å². The summed E-state index contributed by atoms with van der Waals surface area (Å²) < 4.78 is 9.28. The highest BCUT2D eigenvalue weighted by molar-refractivity contribution is 6.17. The van der Waals surface area contributed by atoms with Gasteiger partial charge in [-0.05, 0) is 58.6 Å². The summed E-state index contributed by atoms with van der Waals surface area (Å²) in [4.78, 5) is 0. The topological polar surface area (TPSA) is 17.0 Å². The highest BCUT2D eigenvalue weighted by Crippen LogP contribution is 2.52. The molecule has 0 saturated heterocycles. The Morgan fingerprint density at radius 2 is 1.38 bits per heavy atom. The van der Waals surface area contributed by atoms with Crippen LogP contribution in [0, 0.1) is 6.92 Å². The van der Waals surface area contributed by atoms with E-state index >= 15 is 0 Å². The molecule has 3 aromatic carbocycles. The normalized spacial score (nSPS) is 17.0. The van der Waals surface area contributed by atoms with Crippen molar-refractivity contribution in [1.82, 2.24) is 0 Å². The Hall–Kier alpha value is -3.13. The maximum Gasteiger partial charge on any atom is 0.220 e. The molecule has 0 bridgehead atoms. The van der Waals surface area contributed by atoms with Gasteiger partial charge in [0.15, 0.2) is 6.20 Å². The summed E-state index contributed by atoms with van der Waals surface area (Å²) in [6.45, 7) is 19.1. The van der Waals surface area contributed by atoms with Gasteiger partial charge in [0.25, 0.3) is 0 Å². The second-order valence-corrected chi connectivity index (χ2v) is 13.7. The molecule has 2 heteroatoms. The summed E-state index contributed by atoms with van der Waals surface area (Å²) in [7, 11) is 2.23. The summed E-state index contributed by atoms with van der Waals surface area (Å²) >= 11 is 0. The number of rotatable bonds is 1. The number of aromatic nitrogens is 1. The van der Waals surface area contributed by atoms with E-state index in [1.54, 1.807) is 5.56 Å². The Morgan fingerprint density at radius 1 is 0.757 bits per heavy atom. The first-order chi connectivity index (χ1) is 17.3. The van der Waals surface area contributed by atoms with E-state index in [0.29, 0.717) is 0 Å². The van der Waals surface area contributed by atoms with Crippen molar-refractivity contribution in [2.45, 2.75) is 84.5 Å². The van der Waals surface area contributed by atoms with Crippen molar-refractivity contribution in [1.29, 1.82) is 0 Å². The maximum atomic E-state index is 6.88. The molecule has 0 saturated carbocycles. The number of nitrogens with zero attached hydrogens (tertiary/aromatic N) is 1. The zero-order chi connectivity index (χ0) is 26.5. The lowest BCUT2D eigenvalue weighted by Crippen LogP contribution is -2.44. The fourth-order valence-corrected chi connectivity index (χ4v) is 6.82. The highest BCUT2D eigenvalue weighted by atomic mass is 16.3. The third-order valence-corrected chi connectivity index (χ3v) is 8.94. The fourth-order valence-electron chi connectivity index (χ4n) is 6.82. The average molecular weight is 491 g/mol. The monoisotopic (exact) mass is 490 g/mol. The third-order valence-electron chi connectivity index (χ3n) is 8.94. The molecule has 1 aliphatic rings. The third kappa shape index (κ3) is 3.48. The Balaban J connectivity index is 1.81. The van der Waals surface area contributed by atoms with Gasteiger partial charge in [0.1, 0.15) is 18.2 Å². The lowest BCUT2D eigenvalue weighted by Gasteiger charge is -2.44. The molecule has 1 aliphatic carbocycles. The van der Waals surface area contributed by atoms with E-state index in [4.69, 9.17) is 4.42 Å². The van der Waals surface area contributed by atoms with Crippen LogP contribution in [0.25, 0.3) is 44.0 Å². The van der Waals surface area contributed by atoms with Gasteiger partial charge < -0.3 is 4.42 Å². The summed E-state index contributed by atoms with van der Waals surface area (Å²) in [6.07, 6.45) is 4.78. The van der Waals surface area contributed by atoms with E-state index in [0.717, 1.165) is 11.2 Å². The SMILES string of the molecule is Cc1ccc2c(oc3c4ccccc4ccc23)c1-c1c2c(c(C(C)(C)C)c[n+]1C)C(C)(C)CCC2(C)C. The molecule has 0 radical (unpaired) electrons. The first-order valence-corrected chi connectivity index (χ1v) is 13.7. The molecule has 2 aromatic heterocycles. The Morgan fingerprint density at radius 3 is 2.08 bits per heavy atom. The molecule has 0 atom stereocenters. The van der Waals surface area contributed by atoms with Gasteiger partial charge in [-0.25, -0.2) is 4.57 Å². The molecule has 6 rings (SSSR count). The zero-order valence-electron chi connectivity index (χ0n) is 24.0. The molecule has 0 N–H and O–H groups in total. The number of aryl methyl sites for hydroxylation is 2. The van der Waals surface area contributed by atoms with E-state index in [1.807, 2.05) is 0 Å². The van der Waals surface area contributed by atoms with Gasteiger partial charge in [0.2, 0.25) is 5.69 Å². The largest absolute Gasteiger partial charge is 0.454 e. The Labute approximate surface area is 221 Å². The first kappa shape index (κ1) is 24.2. The fraction of sp³-hybridized carbons (Fsp3) is 0.400. The van der Waals surface area contributed by atoms with Gasteiger partial charge >= 0.3 is 0 Å². The first-order valence-electron chi connectivity index (χ1n) is 13.7. The van der Waals surface area contributed by atoms with Gasteiger partial charge in [-0.2, -0.15) is 0 Å². The number of furan rings is 1. The maximum absolute atomic E-state index is 6.88. The summed E-state index contributed by atoms with van der Waals surface area (Å²) in [5.74, 6) is 0. The molecule has 2 heterocycles. The minimum Gasteiger partial charge on any atom is -0.454 e. The van der Waals surface area contributed by atoms with Crippen LogP contribution >= 0.6 is 0 Å². The van der Waals surface area contributed by atoms with Gasteiger partial charge in [0, 0.05) is 27.3 Å². The molecular formula is C35H40NO+. The minimum atomic E-state index is 0.0599. The zero-order valence-corrected chi connectivity index (χ0v) is 24.0. The van der Waals surface area contributed by atoms with Crippen molar-refractivity contribution < 1.29 is 8.98 Å². The van der Waals surface area contributed by atoms with Gasteiger partial charge in [-0.1, -0.05) is 90.9 Å². The smallest absolute Gasteiger partial charge is 0.220 e. The summed E-state index contributed by atoms with van der Waals surface area (Å²) in [5.41, 5.74) is 10.5. The Bertz CT molecular complexity index is 1720. The minimum absolute atomic E-state index is 0.0599. The molecule has 0 amide bonds. The summed E-state index contributed by atoms with van der Waals surface area (Å²) in [5, 5.41) is 4.78. The van der Waals surface area contributed by atoms with E-state index in [1.165, 1.54) is 62.3 Å². The van der Waals surface area contributed by atoms with Crippen molar-refractivity contribution in [3.63, 3.8) is 0 Å². The van der Waals surface area contributed by atoms with Crippen LogP contribution in [0.3, 0.4) is 0 Å². The second-order valence-electron chi connectivity index (χ2n) is 13.7. The molecule has 0 fully saturated rings. The van der Waals surface area contributed by atoms with E-state index in [9.17, 15) is 0 Å². The summed E-state index contributed by atoms with van der Waals surface area (Å²) in [6, 6.07) is 17.5. The number of hydrogen-bond acceptors (Lipinski definition) is 1. The predicted molar refractivity (Wildman–Crippen MR) is 157 cm³/mol. The number of benzene rings is 3. The van der Waals surface area contributed by atoms with E-state index in [-0.39, 0.29) is 16.2 Å². The standard InChI is InChI=1S/C35H40NO/c1-21-14-16-25-24-17-15-22-12-10-11-13-23(22)31(24)37-32(25)27(21)30-29-28(26(20-36(30)9)33(2,3)4)34(5,6)18-19-35(29,7)8/h10-17,20H,18-19H2,1-9H3/q+1. The van der Waals surface area contributed by atoms with Gasteiger partial charge in [-0.15, -0.1) is 0 Å². The predicted octanol–water partition coefficient (Wildman–Crippen LogP) is 9.19. The van der Waals surface area contributed by atoms with Crippen LogP contribution in [0.1, 0.15) is 83.6 Å². The Kier molecular flexibility index (Phi) is 5.04. The van der Waals surface area contributed by atoms with Crippen LogP contribution in [0.5, 0.6) is 0 Å². The number of pyridine rings is 1. The van der Waals surface area contributed by atoms with Crippen molar-refractivity contribution in [2.75, 3.05) is 0 Å². The molecule has 37 heavy (non-hydrogen) atoms. The average Bonchev–Trinajstić information content (AvgIpc) is 3.20. The lowest BCUT2D eigenvalue weighted by atomic mass is 9.59. The van der Waals surface area contributed by atoms with E-state index in [2.05, 4.69) is 122 Å². The van der Waals surface area contributed by atoms with Crippen molar-refractivity contribution in [3.8, 4) is 11.3 Å². The van der Waals surface area contributed by atoms with Gasteiger partial charge in [0.05, 0.1) is 5.56 Å².